The maximum Gasteiger partial charge on any atom is 0.122 e. The molecule has 0 radical (unpaired) electrons. The third-order valence-corrected chi connectivity index (χ3v) is 9.38. The van der Waals surface area contributed by atoms with Crippen molar-refractivity contribution in [2.45, 2.75) is 90.9 Å². The first-order chi connectivity index (χ1) is 20.4. The molecule has 2 atom stereocenters. The van der Waals surface area contributed by atoms with E-state index in [1.54, 1.807) is 14.2 Å². The predicted molar refractivity (Wildman–Crippen MR) is 181 cm³/mol. The summed E-state index contributed by atoms with van der Waals surface area (Å²) in [4.78, 5) is 0. The molecule has 0 heterocycles. The molecule has 0 saturated carbocycles. The molecule has 3 nitrogen and oxygen atoms in total. The van der Waals surface area contributed by atoms with Crippen molar-refractivity contribution in [3.63, 3.8) is 0 Å². The van der Waals surface area contributed by atoms with Crippen molar-refractivity contribution < 1.29 is 14.2 Å². The SMILES string of the molecule is COc1ccccc1C1(CCCOCCCC2(c3ccccc3OC)C=CC(C(C)(C)C)=CC2)C=CC(C(C)(C)C)=CC1. The molecule has 2 aliphatic carbocycles. The van der Waals surface area contributed by atoms with Gasteiger partial charge < -0.3 is 14.2 Å². The highest BCUT2D eigenvalue weighted by atomic mass is 16.5. The first-order valence-corrected chi connectivity index (χ1v) is 16.1. The second-order valence-corrected chi connectivity index (χ2v) is 14.4. The van der Waals surface area contributed by atoms with Gasteiger partial charge in [0, 0.05) is 35.2 Å². The lowest BCUT2D eigenvalue weighted by molar-refractivity contribution is 0.119. The fourth-order valence-corrected chi connectivity index (χ4v) is 6.70. The van der Waals surface area contributed by atoms with E-state index in [0.717, 1.165) is 63.2 Å². The van der Waals surface area contributed by atoms with E-state index in [1.165, 1.54) is 22.3 Å². The molecule has 2 aromatic carbocycles. The Bertz CT molecular complexity index is 1240. The van der Waals surface area contributed by atoms with Crippen molar-refractivity contribution in [1.29, 1.82) is 0 Å². The topological polar surface area (TPSA) is 27.7 Å². The molecule has 43 heavy (non-hydrogen) atoms. The Morgan fingerprint density at radius 3 is 1.33 bits per heavy atom. The lowest BCUT2D eigenvalue weighted by Gasteiger charge is -2.36. The second kappa shape index (κ2) is 13.7. The monoisotopic (exact) mass is 582 g/mol. The fourth-order valence-electron chi connectivity index (χ4n) is 6.70. The number of ether oxygens (including phenoxy) is 3. The number of benzene rings is 2. The quantitative estimate of drug-likeness (QED) is 0.233. The lowest BCUT2D eigenvalue weighted by atomic mass is 9.68. The number of rotatable bonds is 12. The molecule has 3 heteroatoms. The second-order valence-electron chi connectivity index (χ2n) is 14.4. The van der Waals surface area contributed by atoms with Gasteiger partial charge in [0.15, 0.2) is 0 Å². The maximum absolute atomic E-state index is 6.30. The number of hydrogen-bond donors (Lipinski definition) is 0. The number of hydrogen-bond acceptors (Lipinski definition) is 3. The predicted octanol–water partition coefficient (Wildman–Crippen LogP) is 10.3. The Hall–Kier alpha value is -3.04. The highest BCUT2D eigenvalue weighted by Gasteiger charge is 2.35. The van der Waals surface area contributed by atoms with Crippen LogP contribution in [-0.4, -0.2) is 27.4 Å². The van der Waals surface area contributed by atoms with Crippen LogP contribution in [0.1, 0.15) is 91.2 Å². The van der Waals surface area contributed by atoms with E-state index < -0.39 is 0 Å². The Kier molecular flexibility index (Phi) is 10.5. The van der Waals surface area contributed by atoms with E-state index in [2.05, 4.69) is 127 Å². The standard InChI is InChI=1S/C40H54O3/c1-37(2,3)31-19-25-39(26-20-31,33-15-9-11-17-35(33)41-7)23-13-29-43-30-14-24-40(34-16-10-12-18-36(34)42-8)27-21-32(22-28-40)38(4,5)6/h9-12,15-22,25,27H,13-14,23-24,26,28-30H2,1-8H3. The molecule has 0 aliphatic heterocycles. The van der Waals surface area contributed by atoms with Gasteiger partial charge in [-0.15, -0.1) is 0 Å². The lowest BCUT2D eigenvalue weighted by Crippen LogP contribution is -2.28. The highest BCUT2D eigenvalue weighted by Crippen LogP contribution is 2.46. The minimum Gasteiger partial charge on any atom is -0.496 e. The molecule has 0 bridgehead atoms. The third-order valence-electron chi connectivity index (χ3n) is 9.38. The van der Waals surface area contributed by atoms with Crippen LogP contribution in [0.2, 0.25) is 0 Å². The van der Waals surface area contributed by atoms with Crippen molar-refractivity contribution >= 4 is 0 Å². The maximum atomic E-state index is 6.30. The van der Waals surface area contributed by atoms with Crippen molar-refractivity contribution in [3.8, 4) is 11.5 Å². The van der Waals surface area contributed by atoms with E-state index in [1.807, 2.05) is 0 Å². The molecule has 0 amide bonds. The molecule has 0 saturated heterocycles. The van der Waals surface area contributed by atoms with Gasteiger partial charge in [-0.1, -0.05) is 114 Å². The molecule has 0 N–H and O–H groups in total. The van der Waals surface area contributed by atoms with Gasteiger partial charge in [0.2, 0.25) is 0 Å². The largest absolute Gasteiger partial charge is 0.496 e. The minimum atomic E-state index is -0.0807. The fraction of sp³-hybridized carbons (Fsp3) is 0.500. The van der Waals surface area contributed by atoms with E-state index >= 15 is 0 Å². The average molecular weight is 583 g/mol. The van der Waals surface area contributed by atoms with E-state index in [4.69, 9.17) is 14.2 Å². The zero-order valence-corrected chi connectivity index (χ0v) is 28.0. The number of methoxy groups -OCH3 is 2. The smallest absolute Gasteiger partial charge is 0.122 e. The van der Waals surface area contributed by atoms with Gasteiger partial charge in [-0.2, -0.15) is 0 Å². The molecular weight excluding hydrogens is 528 g/mol. The van der Waals surface area contributed by atoms with Gasteiger partial charge in [-0.3, -0.25) is 0 Å². The first kappa shape index (κ1) is 32.9. The molecule has 2 aliphatic rings. The first-order valence-electron chi connectivity index (χ1n) is 16.1. The van der Waals surface area contributed by atoms with Crippen LogP contribution in [0.4, 0.5) is 0 Å². The van der Waals surface area contributed by atoms with Crippen molar-refractivity contribution in [3.05, 3.63) is 107 Å². The van der Waals surface area contributed by atoms with Gasteiger partial charge in [0.25, 0.3) is 0 Å². The van der Waals surface area contributed by atoms with Crippen LogP contribution in [0.25, 0.3) is 0 Å². The van der Waals surface area contributed by atoms with Crippen LogP contribution in [0, 0.1) is 10.8 Å². The summed E-state index contributed by atoms with van der Waals surface area (Å²) in [6.07, 6.45) is 20.4. The summed E-state index contributed by atoms with van der Waals surface area (Å²) in [7, 11) is 3.55. The molecule has 0 fully saturated rings. The Morgan fingerprint density at radius 2 is 1.00 bits per heavy atom. The van der Waals surface area contributed by atoms with Gasteiger partial charge in [-0.05, 0) is 72.6 Å². The third kappa shape index (κ3) is 7.73. The van der Waals surface area contributed by atoms with E-state index in [-0.39, 0.29) is 21.7 Å². The highest BCUT2D eigenvalue weighted by molar-refractivity contribution is 5.48. The zero-order valence-electron chi connectivity index (χ0n) is 28.0. The molecule has 4 rings (SSSR count). The molecule has 0 spiro atoms. The number of allylic oxidation sites excluding steroid dienone is 8. The Morgan fingerprint density at radius 1 is 0.605 bits per heavy atom. The summed E-state index contributed by atoms with van der Waals surface area (Å²) in [5, 5.41) is 0. The Balaban J connectivity index is 1.39. The van der Waals surface area contributed by atoms with E-state index in [0.29, 0.717) is 0 Å². The van der Waals surface area contributed by atoms with Gasteiger partial charge in [-0.25, -0.2) is 0 Å². The van der Waals surface area contributed by atoms with Crippen LogP contribution in [0.3, 0.4) is 0 Å². The molecule has 232 valence electrons. The van der Waals surface area contributed by atoms with Gasteiger partial charge in [0.1, 0.15) is 11.5 Å². The van der Waals surface area contributed by atoms with Crippen LogP contribution in [-0.2, 0) is 15.6 Å². The number of para-hydroxylation sites is 2. The summed E-state index contributed by atoms with van der Waals surface area (Å²) >= 11 is 0. The molecular formula is C40H54O3. The van der Waals surface area contributed by atoms with Crippen LogP contribution >= 0.6 is 0 Å². The van der Waals surface area contributed by atoms with Gasteiger partial charge in [0.05, 0.1) is 14.2 Å². The molecule has 2 unspecified atom stereocenters. The summed E-state index contributed by atoms with van der Waals surface area (Å²) in [6.45, 7) is 15.2. The van der Waals surface area contributed by atoms with Crippen molar-refractivity contribution in [1.82, 2.24) is 0 Å². The van der Waals surface area contributed by atoms with Crippen LogP contribution < -0.4 is 9.47 Å². The summed E-state index contributed by atoms with van der Waals surface area (Å²) in [5.74, 6) is 1.93. The van der Waals surface area contributed by atoms with Crippen molar-refractivity contribution in [2.24, 2.45) is 10.8 Å². The van der Waals surface area contributed by atoms with Crippen molar-refractivity contribution in [2.75, 3.05) is 27.4 Å². The Labute approximate surface area is 261 Å². The zero-order chi connectivity index (χ0) is 31.1. The normalized spacial score (nSPS) is 22.2. The minimum absolute atomic E-state index is 0.0807. The molecule has 2 aromatic rings. The average Bonchev–Trinajstić information content (AvgIpc) is 3.00. The molecule has 0 aromatic heterocycles. The summed E-state index contributed by atoms with van der Waals surface area (Å²) in [5.41, 5.74) is 5.47. The summed E-state index contributed by atoms with van der Waals surface area (Å²) in [6, 6.07) is 17.0. The van der Waals surface area contributed by atoms with E-state index in [9.17, 15) is 0 Å². The van der Waals surface area contributed by atoms with Crippen LogP contribution in [0.15, 0.2) is 96.1 Å². The van der Waals surface area contributed by atoms with Gasteiger partial charge >= 0.3 is 0 Å². The summed E-state index contributed by atoms with van der Waals surface area (Å²) < 4.78 is 17.9. The van der Waals surface area contributed by atoms with Crippen LogP contribution in [0.5, 0.6) is 11.5 Å².